The van der Waals surface area contributed by atoms with E-state index in [2.05, 4.69) is 36.1 Å². The molecule has 1 fully saturated rings. The molecule has 30 heavy (non-hydrogen) atoms. The van der Waals surface area contributed by atoms with E-state index in [0.29, 0.717) is 18.8 Å². The van der Waals surface area contributed by atoms with Crippen molar-refractivity contribution in [2.24, 2.45) is 0 Å². The van der Waals surface area contributed by atoms with Gasteiger partial charge in [0, 0.05) is 50.5 Å². The van der Waals surface area contributed by atoms with Gasteiger partial charge in [-0.2, -0.15) is 0 Å². The summed E-state index contributed by atoms with van der Waals surface area (Å²) in [5.41, 5.74) is 2.83. The summed E-state index contributed by atoms with van der Waals surface area (Å²) >= 11 is 0. The fraction of sp³-hybridized carbons (Fsp3) is 0.400. The Bertz CT molecular complexity index is 828. The highest BCUT2D eigenvalue weighted by Crippen LogP contribution is 2.22. The van der Waals surface area contributed by atoms with Crippen molar-refractivity contribution in [2.45, 2.75) is 20.0 Å². The van der Waals surface area contributed by atoms with Gasteiger partial charge >= 0.3 is 0 Å². The second-order valence-electron chi connectivity index (χ2n) is 7.49. The number of hydrogen-bond donors (Lipinski definition) is 0. The predicted molar refractivity (Wildman–Crippen MR) is 121 cm³/mol. The third-order valence-electron chi connectivity index (χ3n) is 5.27. The van der Waals surface area contributed by atoms with Gasteiger partial charge in [-0.25, -0.2) is 0 Å². The first-order chi connectivity index (χ1) is 14.7. The molecule has 2 aromatic carbocycles. The van der Waals surface area contributed by atoms with Crippen molar-refractivity contribution in [2.75, 3.05) is 46.4 Å². The van der Waals surface area contributed by atoms with Gasteiger partial charge in [0.2, 0.25) is 0 Å². The Labute approximate surface area is 179 Å². The molecule has 1 saturated heterocycles. The van der Waals surface area contributed by atoms with Crippen LogP contribution in [0, 0.1) is 0 Å². The van der Waals surface area contributed by atoms with E-state index in [-0.39, 0.29) is 5.91 Å². The molecule has 0 aromatic heterocycles. The minimum absolute atomic E-state index is 0.0777. The Hall–Kier alpha value is -2.63. The van der Waals surface area contributed by atoms with Crippen molar-refractivity contribution in [1.82, 2.24) is 9.80 Å². The maximum absolute atomic E-state index is 13.0. The van der Waals surface area contributed by atoms with Crippen molar-refractivity contribution in [1.29, 1.82) is 0 Å². The molecule has 0 atom stereocenters. The van der Waals surface area contributed by atoms with Gasteiger partial charge in [-0.3, -0.25) is 9.69 Å². The molecule has 1 aliphatic rings. The summed E-state index contributed by atoms with van der Waals surface area (Å²) in [6.07, 6.45) is 5.31. The molecule has 5 heteroatoms. The molecular weight excluding hydrogens is 376 g/mol. The van der Waals surface area contributed by atoms with Crippen LogP contribution in [-0.2, 0) is 11.3 Å². The maximum Gasteiger partial charge on any atom is 0.253 e. The molecule has 160 valence electrons. The molecular formula is C25H32N2O3. The zero-order valence-corrected chi connectivity index (χ0v) is 18.0. The normalized spacial score (nSPS) is 14.9. The van der Waals surface area contributed by atoms with E-state index in [0.717, 1.165) is 50.5 Å². The second kappa shape index (κ2) is 11.5. The lowest BCUT2D eigenvalue weighted by Gasteiger charge is -2.34. The number of hydrogen-bond acceptors (Lipinski definition) is 4. The quantitative estimate of drug-likeness (QED) is 0.586. The highest BCUT2D eigenvalue weighted by Gasteiger charge is 2.22. The van der Waals surface area contributed by atoms with E-state index in [4.69, 9.17) is 9.47 Å². The van der Waals surface area contributed by atoms with Crippen LogP contribution in [0.2, 0.25) is 0 Å². The van der Waals surface area contributed by atoms with E-state index in [1.54, 1.807) is 7.11 Å². The Morgan fingerprint density at radius 2 is 1.83 bits per heavy atom. The van der Waals surface area contributed by atoms with Crippen LogP contribution < -0.4 is 4.74 Å². The van der Waals surface area contributed by atoms with E-state index in [1.807, 2.05) is 41.3 Å². The van der Waals surface area contributed by atoms with Crippen LogP contribution in [0.15, 0.2) is 54.6 Å². The SMILES string of the molecule is CCCOCc1cc(C(=O)N2CCN(C/C=C/c3ccccc3)CC2)ccc1OC. The molecule has 0 unspecified atom stereocenters. The molecule has 0 N–H and O–H groups in total. The molecule has 0 aliphatic carbocycles. The third-order valence-corrected chi connectivity index (χ3v) is 5.27. The fourth-order valence-electron chi connectivity index (χ4n) is 3.57. The molecule has 5 nitrogen and oxygen atoms in total. The Morgan fingerprint density at radius 1 is 1.07 bits per heavy atom. The van der Waals surface area contributed by atoms with Crippen molar-refractivity contribution in [3.8, 4) is 5.75 Å². The molecule has 1 amide bonds. The predicted octanol–water partition coefficient (Wildman–Crippen LogP) is 4.09. The standard InChI is InChI=1S/C25H32N2O3/c1-3-18-30-20-23-19-22(11-12-24(23)29-2)25(28)27-16-14-26(15-17-27)13-7-10-21-8-5-4-6-9-21/h4-12,19H,3,13-18,20H2,1-2H3/b10-7+. The summed E-state index contributed by atoms with van der Waals surface area (Å²) in [7, 11) is 1.64. The lowest BCUT2D eigenvalue weighted by atomic mass is 10.1. The first-order valence-electron chi connectivity index (χ1n) is 10.7. The van der Waals surface area contributed by atoms with Crippen LogP contribution in [0.25, 0.3) is 6.08 Å². The number of nitrogens with zero attached hydrogens (tertiary/aromatic N) is 2. The van der Waals surface area contributed by atoms with Crippen LogP contribution in [-0.4, -0.2) is 62.1 Å². The zero-order valence-electron chi connectivity index (χ0n) is 18.0. The van der Waals surface area contributed by atoms with Gasteiger partial charge in [-0.15, -0.1) is 0 Å². The molecule has 0 radical (unpaired) electrons. The summed E-state index contributed by atoms with van der Waals surface area (Å²) in [4.78, 5) is 17.3. The van der Waals surface area contributed by atoms with E-state index in [9.17, 15) is 4.79 Å². The van der Waals surface area contributed by atoms with Gasteiger partial charge in [0.05, 0.1) is 13.7 Å². The van der Waals surface area contributed by atoms with Crippen LogP contribution in [0.3, 0.4) is 0 Å². The number of amides is 1. The molecule has 3 rings (SSSR count). The lowest BCUT2D eigenvalue weighted by molar-refractivity contribution is 0.0649. The summed E-state index contributed by atoms with van der Waals surface area (Å²) < 4.78 is 11.1. The number of ether oxygens (including phenoxy) is 2. The average molecular weight is 409 g/mol. The minimum Gasteiger partial charge on any atom is -0.496 e. The molecule has 2 aromatic rings. The van der Waals surface area contributed by atoms with Gasteiger partial charge in [-0.05, 0) is 30.2 Å². The Balaban J connectivity index is 1.53. The minimum atomic E-state index is 0.0777. The van der Waals surface area contributed by atoms with Gasteiger partial charge in [0.25, 0.3) is 5.91 Å². The Morgan fingerprint density at radius 3 is 2.53 bits per heavy atom. The number of carbonyl (C=O) groups is 1. The van der Waals surface area contributed by atoms with Gasteiger partial charge in [0.15, 0.2) is 0 Å². The average Bonchev–Trinajstić information content (AvgIpc) is 2.80. The summed E-state index contributed by atoms with van der Waals surface area (Å²) in [5, 5.41) is 0. The number of benzene rings is 2. The monoisotopic (exact) mass is 408 g/mol. The van der Waals surface area contributed by atoms with Crippen molar-refractivity contribution < 1.29 is 14.3 Å². The van der Waals surface area contributed by atoms with Crippen molar-refractivity contribution in [3.05, 3.63) is 71.3 Å². The van der Waals surface area contributed by atoms with E-state index in [1.165, 1.54) is 5.56 Å². The van der Waals surface area contributed by atoms with Crippen LogP contribution in [0.5, 0.6) is 5.75 Å². The van der Waals surface area contributed by atoms with Crippen LogP contribution >= 0.6 is 0 Å². The number of piperazine rings is 1. The Kier molecular flexibility index (Phi) is 8.48. The van der Waals surface area contributed by atoms with Crippen LogP contribution in [0.1, 0.15) is 34.8 Å². The smallest absolute Gasteiger partial charge is 0.253 e. The fourth-order valence-corrected chi connectivity index (χ4v) is 3.57. The van der Waals surface area contributed by atoms with E-state index < -0.39 is 0 Å². The first kappa shape index (κ1) is 22.1. The molecule has 0 saturated carbocycles. The lowest BCUT2D eigenvalue weighted by Crippen LogP contribution is -2.48. The van der Waals surface area contributed by atoms with Crippen molar-refractivity contribution in [3.63, 3.8) is 0 Å². The van der Waals surface area contributed by atoms with Gasteiger partial charge in [-0.1, -0.05) is 49.4 Å². The molecule has 0 bridgehead atoms. The number of carbonyl (C=O) groups excluding carboxylic acids is 1. The number of rotatable bonds is 9. The summed E-state index contributed by atoms with van der Waals surface area (Å²) in [5.74, 6) is 0.839. The topological polar surface area (TPSA) is 42.0 Å². The first-order valence-corrected chi connectivity index (χ1v) is 10.7. The third kappa shape index (κ3) is 6.18. The van der Waals surface area contributed by atoms with Crippen LogP contribution in [0.4, 0.5) is 0 Å². The zero-order chi connectivity index (χ0) is 21.2. The molecule has 0 spiro atoms. The van der Waals surface area contributed by atoms with Gasteiger partial charge in [0.1, 0.15) is 5.75 Å². The summed E-state index contributed by atoms with van der Waals surface area (Å²) in [6, 6.07) is 15.9. The second-order valence-corrected chi connectivity index (χ2v) is 7.49. The highest BCUT2D eigenvalue weighted by molar-refractivity contribution is 5.94. The summed E-state index contributed by atoms with van der Waals surface area (Å²) in [6.45, 7) is 7.38. The highest BCUT2D eigenvalue weighted by atomic mass is 16.5. The van der Waals surface area contributed by atoms with Gasteiger partial charge < -0.3 is 14.4 Å². The molecule has 1 aliphatic heterocycles. The maximum atomic E-state index is 13.0. The molecule has 1 heterocycles. The largest absolute Gasteiger partial charge is 0.496 e. The number of methoxy groups -OCH3 is 1. The van der Waals surface area contributed by atoms with Crippen molar-refractivity contribution >= 4 is 12.0 Å². The van der Waals surface area contributed by atoms with E-state index >= 15 is 0 Å².